The quantitative estimate of drug-likeness (QED) is 0.735. The lowest BCUT2D eigenvalue weighted by Crippen LogP contribution is -2.48. The molecule has 9 nitrogen and oxygen atoms in total. The molecular weight excluding hydrogens is 294 g/mol. The predicted molar refractivity (Wildman–Crippen MR) is 76.9 cm³/mol. The van der Waals surface area contributed by atoms with Crippen molar-refractivity contribution < 1.29 is 8.42 Å². The lowest BCUT2D eigenvalue weighted by atomic mass is 9.96. The van der Waals surface area contributed by atoms with Crippen LogP contribution in [0.15, 0.2) is 12.7 Å². The number of fused-ring (bicyclic) bond motifs is 1. The lowest BCUT2D eigenvalue weighted by molar-refractivity contribution is 0.382. The molecule has 3 heterocycles. The molecule has 1 aliphatic rings. The van der Waals surface area contributed by atoms with Gasteiger partial charge >= 0.3 is 0 Å². The molecule has 2 aromatic heterocycles. The summed E-state index contributed by atoms with van der Waals surface area (Å²) in [6.07, 6.45) is 3.94. The van der Waals surface area contributed by atoms with Crippen LogP contribution in [0.5, 0.6) is 0 Å². The first-order valence-corrected chi connectivity index (χ1v) is 8.16. The van der Waals surface area contributed by atoms with E-state index in [1.807, 2.05) is 6.92 Å². The van der Waals surface area contributed by atoms with E-state index in [0.29, 0.717) is 12.5 Å². The average molecular weight is 311 g/mol. The Labute approximate surface area is 122 Å². The average Bonchev–Trinajstić information content (AvgIpc) is 2.73. The molecule has 0 atom stereocenters. The molecule has 1 aliphatic heterocycles. The number of hydrogen-bond acceptors (Lipinski definition) is 6. The van der Waals surface area contributed by atoms with E-state index in [0.717, 1.165) is 36.5 Å². The minimum Gasteiger partial charge on any atom is -0.354 e. The van der Waals surface area contributed by atoms with E-state index in [1.54, 1.807) is 10.8 Å². The summed E-state index contributed by atoms with van der Waals surface area (Å²) in [5.41, 5.74) is 1.81. The summed E-state index contributed by atoms with van der Waals surface area (Å²) in [4.78, 5) is 10.7. The number of nitrogens with one attached hydrogen (secondary N) is 1. The molecule has 0 unspecified atom stereocenters. The van der Waals surface area contributed by atoms with Crippen LogP contribution in [0.1, 0.15) is 12.1 Å². The maximum absolute atomic E-state index is 10.8. The van der Waals surface area contributed by atoms with Crippen molar-refractivity contribution in [3.63, 3.8) is 0 Å². The summed E-state index contributed by atoms with van der Waals surface area (Å²) in [7, 11) is -3.59. The Bertz CT molecular complexity index is 751. The lowest BCUT2D eigenvalue weighted by Gasteiger charge is -2.40. The highest BCUT2D eigenvalue weighted by Crippen LogP contribution is 2.28. The van der Waals surface area contributed by atoms with Crippen molar-refractivity contribution in [2.24, 2.45) is 11.1 Å². The fourth-order valence-electron chi connectivity index (χ4n) is 2.54. The summed E-state index contributed by atoms with van der Waals surface area (Å²) in [5, 5.41) is 9.02. The zero-order valence-electron chi connectivity index (χ0n) is 11.6. The normalized spacial score (nSPS) is 16.4. The van der Waals surface area contributed by atoms with Crippen LogP contribution in [-0.2, 0) is 10.2 Å². The van der Waals surface area contributed by atoms with Gasteiger partial charge in [0.2, 0.25) is 0 Å². The van der Waals surface area contributed by atoms with Crippen LogP contribution in [0.3, 0.4) is 0 Å². The summed E-state index contributed by atoms with van der Waals surface area (Å²) in [6, 6.07) is 0. The van der Waals surface area contributed by atoms with Gasteiger partial charge in [-0.05, 0) is 19.3 Å². The standard InChI is InChI=1S/C11H17N7O2S/c1-8-10-11(13-6-15-18(10)7-14-8)17-4-9(5-17)2-3-16-21(12,19)20/h6-7,9,16H,2-5H2,1H3,(H2,12,19,20). The Balaban J connectivity index is 1.62. The molecule has 1 saturated heterocycles. The van der Waals surface area contributed by atoms with Gasteiger partial charge in [0.05, 0.1) is 5.69 Å². The van der Waals surface area contributed by atoms with E-state index in [4.69, 9.17) is 5.14 Å². The minimum absolute atomic E-state index is 0.363. The molecule has 114 valence electrons. The molecule has 10 heteroatoms. The molecule has 2 aromatic rings. The molecule has 1 fully saturated rings. The molecule has 0 aromatic carbocycles. The van der Waals surface area contributed by atoms with Gasteiger partial charge in [-0.25, -0.2) is 24.3 Å². The topological polar surface area (TPSA) is 119 Å². The third kappa shape index (κ3) is 2.96. The highest BCUT2D eigenvalue weighted by atomic mass is 32.2. The first kappa shape index (κ1) is 14.2. The Morgan fingerprint density at radius 3 is 2.90 bits per heavy atom. The van der Waals surface area contributed by atoms with E-state index in [-0.39, 0.29) is 0 Å². The van der Waals surface area contributed by atoms with E-state index in [2.05, 4.69) is 24.7 Å². The van der Waals surface area contributed by atoms with Crippen LogP contribution in [0.25, 0.3) is 5.52 Å². The van der Waals surface area contributed by atoms with E-state index in [1.165, 1.54) is 6.33 Å². The van der Waals surface area contributed by atoms with Crippen molar-refractivity contribution in [1.29, 1.82) is 0 Å². The molecule has 0 radical (unpaired) electrons. The minimum atomic E-state index is -3.59. The van der Waals surface area contributed by atoms with Crippen LogP contribution in [0.4, 0.5) is 5.82 Å². The maximum atomic E-state index is 10.8. The molecule has 0 aliphatic carbocycles. The van der Waals surface area contributed by atoms with Crippen molar-refractivity contribution in [1.82, 2.24) is 24.3 Å². The molecule has 0 amide bonds. The Hall–Kier alpha value is -1.78. The second-order valence-electron chi connectivity index (χ2n) is 5.21. The highest BCUT2D eigenvalue weighted by Gasteiger charge is 2.29. The van der Waals surface area contributed by atoms with Gasteiger partial charge in [-0.3, -0.25) is 0 Å². The number of hydrogen-bond donors (Lipinski definition) is 2. The summed E-state index contributed by atoms with van der Waals surface area (Å²) in [6.45, 7) is 3.96. The number of aromatic nitrogens is 4. The van der Waals surface area contributed by atoms with Gasteiger partial charge in [0.15, 0.2) is 5.82 Å². The van der Waals surface area contributed by atoms with Gasteiger partial charge in [0, 0.05) is 19.6 Å². The fourth-order valence-corrected chi connectivity index (χ4v) is 2.94. The van der Waals surface area contributed by atoms with E-state index >= 15 is 0 Å². The van der Waals surface area contributed by atoms with Crippen LogP contribution in [-0.4, -0.2) is 47.6 Å². The Morgan fingerprint density at radius 2 is 2.19 bits per heavy atom. The van der Waals surface area contributed by atoms with Crippen LogP contribution in [0, 0.1) is 12.8 Å². The third-order valence-corrected chi connectivity index (χ3v) is 4.22. The third-order valence-electron chi connectivity index (χ3n) is 3.61. The molecule has 3 rings (SSSR count). The van der Waals surface area contributed by atoms with E-state index < -0.39 is 10.2 Å². The van der Waals surface area contributed by atoms with Crippen molar-refractivity contribution in [3.05, 3.63) is 18.3 Å². The van der Waals surface area contributed by atoms with Gasteiger partial charge in [-0.1, -0.05) is 0 Å². The van der Waals surface area contributed by atoms with Crippen LogP contribution < -0.4 is 14.8 Å². The molecular formula is C11H17N7O2S. The summed E-state index contributed by atoms with van der Waals surface area (Å²) < 4.78 is 25.6. The number of nitrogens with two attached hydrogens (primary N) is 1. The van der Waals surface area contributed by atoms with Crippen molar-refractivity contribution >= 4 is 21.5 Å². The highest BCUT2D eigenvalue weighted by molar-refractivity contribution is 7.87. The molecule has 0 spiro atoms. The molecule has 0 saturated carbocycles. The Morgan fingerprint density at radius 1 is 1.43 bits per heavy atom. The second-order valence-corrected chi connectivity index (χ2v) is 6.58. The van der Waals surface area contributed by atoms with E-state index in [9.17, 15) is 8.42 Å². The summed E-state index contributed by atoms with van der Waals surface area (Å²) >= 11 is 0. The fraction of sp³-hybridized carbons (Fsp3) is 0.545. The van der Waals surface area contributed by atoms with Gasteiger partial charge in [0.1, 0.15) is 18.2 Å². The smallest absolute Gasteiger partial charge is 0.274 e. The number of imidazole rings is 1. The molecule has 3 N–H and O–H groups in total. The first-order chi connectivity index (χ1) is 9.94. The Kier molecular flexibility index (Phi) is 3.51. The van der Waals surface area contributed by atoms with Crippen molar-refractivity contribution in [2.75, 3.05) is 24.5 Å². The number of anilines is 1. The SMILES string of the molecule is Cc1ncn2ncnc(N3CC(CCNS(N)(=O)=O)C3)c12. The van der Waals surface area contributed by atoms with Crippen molar-refractivity contribution in [3.8, 4) is 0 Å². The van der Waals surface area contributed by atoms with Crippen LogP contribution in [0.2, 0.25) is 0 Å². The predicted octanol–water partition coefficient (Wildman–Crippen LogP) is -0.948. The maximum Gasteiger partial charge on any atom is 0.274 e. The van der Waals surface area contributed by atoms with Crippen molar-refractivity contribution in [2.45, 2.75) is 13.3 Å². The van der Waals surface area contributed by atoms with Gasteiger partial charge in [-0.2, -0.15) is 13.5 Å². The zero-order valence-corrected chi connectivity index (χ0v) is 12.4. The number of aryl methyl sites for hydroxylation is 1. The van der Waals surface area contributed by atoms with Gasteiger partial charge in [-0.15, -0.1) is 0 Å². The molecule has 0 bridgehead atoms. The van der Waals surface area contributed by atoms with Gasteiger partial charge in [0.25, 0.3) is 10.2 Å². The number of nitrogens with zero attached hydrogens (tertiary/aromatic N) is 5. The zero-order chi connectivity index (χ0) is 15.0. The largest absolute Gasteiger partial charge is 0.354 e. The summed E-state index contributed by atoms with van der Waals surface area (Å²) in [5.74, 6) is 1.30. The first-order valence-electron chi connectivity index (χ1n) is 6.61. The van der Waals surface area contributed by atoms with Gasteiger partial charge < -0.3 is 4.90 Å². The monoisotopic (exact) mass is 311 g/mol. The molecule has 21 heavy (non-hydrogen) atoms. The second kappa shape index (κ2) is 5.20. The van der Waals surface area contributed by atoms with Crippen LogP contribution >= 0.6 is 0 Å². The number of rotatable bonds is 5.